The zero-order valence-electron chi connectivity index (χ0n) is 11.9. The first-order valence-corrected chi connectivity index (χ1v) is 7.34. The van der Waals surface area contributed by atoms with E-state index >= 15 is 0 Å². The second kappa shape index (κ2) is 5.37. The summed E-state index contributed by atoms with van der Waals surface area (Å²) < 4.78 is 0. The average molecular weight is 287 g/mol. The van der Waals surface area contributed by atoms with E-state index in [-0.39, 0.29) is 0 Å². The van der Waals surface area contributed by atoms with Crippen LogP contribution in [-0.2, 0) is 6.42 Å². The molecule has 1 aliphatic rings. The molecular weight excluding hydrogens is 268 g/mol. The second-order valence-electron chi connectivity index (χ2n) is 5.49. The van der Waals surface area contributed by atoms with Crippen molar-refractivity contribution < 1.29 is 0 Å². The van der Waals surface area contributed by atoms with E-state index in [0.29, 0.717) is 6.04 Å². The maximum absolute atomic E-state index is 6.07. The van der Waals surface area contributed by atoms with E-state index in [1.807, 2.05) is 6.07 Å². The van der Waals surface area contributed by atoms with E-state index in [1.54, 1.807) is 0 Å². The predicted molar refractivity (Wildman–Crippen MR) is 86.9 cm³/mol. The Morgan fingerprint density at radius 1 is 1.15 bits per heavy atom. The van der Waals surface area contributed by atoms with E-state index in [0.717, 1.165) is 17.9 Å². The van der Waals surface area contributed by atoms with Gasteiger partial charge in [0.1, 0.15) is 0 Å². The third-order valence-electron chi connectivity index (χ3n) is 3.90. The lowest BCUT2D eigenvalue weighted by Gasteiger charge is -2.22. The number of hydrogen-bond donors (Lipinski definition) is 1. The van der Waals surface area contributed by atoms with Crippen molar-refractivity contribution in [2.75, 3.05) is 24.3 Å². The Labute approximate surface area is 125 Å². The number of hydrogen-bond acceptors (Lipinski definition) is 2. The molecule has 0 aliphatic heterocycles. The largest absolute Gasteiger partial charge is 0.377 e. The van der Waals surface area contributed by atoms with Crippen molar-refractivity contribution in [1.29, 1.82) is 0 Å². The Hall–Kier alpha value is -1.67. The van der Waals surface area contributed by atoms with Crippen LogP contribution in [0.5, 0.6) is 0 Å². The monoisotopic (exact) mass is 286 g/mol. The molecule has 20 heavy (non-hydrogen) atoms. The van der Waals surface area contributed by atoms with Crippen LogP contribution in [0.25, 0.3) is 0 Å². The molecule has 0 saturated carbocycles. The minimum atomic E-state index is 0.378. The standard InChI is InChI=1S/C17H19ClN2/c1-20(2)17-6-4-3-5-16(17)19-15-10-7-12-11-13(18)8-9-14(12)15/h3-6,8-9,11,15,19H,7,10H2,1-2H3. The summed E-state index contributed by atoms with van der Waals surface area (Å²) >= 11 is 6.07. The van der Waals surface area contributed by atoms with Crippen molar-refractivity contribution in [3.63, 3.8) is 0 Å². The second-order valence-corrected chi connectivity index (χ2v) is 5.93. The summed E-state index contributed by atoms with van der Waals surface area (Å²) in [5.41, 5.74) is 5.15. The van der Waals surface area contributed by atoms with Gasteiger partial charge in [-0.05, 0) is 48.2 Å². The van der Waals surface area contributed by atoms with Gasteiger partial charge in [0, 0.05) is 19.1 Å². The number of halogens is 1. The quantitative estimate of drug-likeness (QED) is 0.893. The first-order valence-electron chi connectivity index (χ1n) is 6.96. The number of fused-ring (bicyclic) bond motifs is 1. The molecular formula is C17H19ClN2. The Balaban J connectivity index is 1.88. The molecule has 3 heteroatoms. The summed E-state index contributed by atoms with van der Waals surface area (Å²) in [7, 11) is 4.14. The average Bonchev–Trinajstić information content (AvgIpc) is 2.81. The van der Waals surface area contributed by atoms with E-state index in [1.165, 1.54) is 22.5 Å². The van der Waals surface area contributed by atoms with E-state index in [9.17, 15) is 0 Å². The van der Waals surface area contributed by atoms with Crippen LogP contribution >= 0.6 is 11.6 Å². The number of para-hydroxylation sites is 2. The van der Waals surface area contributed by atoms with Crippen LogP contribution < -0.4 is 10.2 Å². The lowest BCUT2D eigenvalue weighted by atomic mass is 10.1. The smallest absolute Gasteiger partial charge is 0.0596 e. The van der Waals surface area contributed by atoms with Crippen molar-refractivity contribution >= 4 is 23.0 Å². The van der Waals surface area contributed by atoms with Crippen LogP contribution in [0.15, 0.2) is 42.5 Å². The van der Waals surface area contributed by atoms with Gasteiger partial charge < -0.3 is 10.2 Å². The van der Waals surface area contributed by atoms with Crippen molar-refractivity contribution in [2.24, 2.45) is 0 Å². The molecule has 0 radical (unpaired) electrons. The van der Waals surface area contributed by atoms with Crippen LogP contribution in [-0.4, -0.2) is 14.1 Å². The molecule has 2 nitrogen and oxygen atoms in total. The van der Waals surface area contributed by atoms with Gasteiger partial charge in [-0.3, -0.25) is 0 Å². The van der Waals surface area contributed by atoms with Gasteiger partial charge in [0.25, 0.3) is 0 Å². The summed E-state index contributed by atoms with van der Waals surface area (Å²) in [5, 5.41) is 4.51. The highest BCUT2D eigenvalue weighted by molar-refractivity contribution is 6.30. The SMILES string of the molecule is CN(C)c1ccccc1NC1CCc2cc(Cl)ccc21. The highest BCUT2D eigenvalue weighted by atomic mass is 35.5. The lowest BCUT2D eigenvalue weighted by Crippen LogP contribution is -2.14. The van der Waals surface area contributed by atoms with Gasteiger partial charge in [-0.25, -0.2) is 0 Å². The first kappa shape index (κ1) is 13.3. The molecule has 1 aliphatic carbocycles. The minimum absolute atomic E-state index is 0.378. The van der Waals surface area contributed by atoms with Gasteiger partial charge in [0.2, 0.25) is 0 Å². The molecule has 1 N–H and O–H groups in total. The number of benzene rings is 2. The van der Waals surface area contributed by atoms with Crippen molar-refractivity contribution in [2.45, 2.75) is 18.9 Å². The fourth-order valence-corrected chi connectivity index (χ4v) is 3.10. The summed E-state index contributed by atoms with van der Waals surface area (Å²) in [6.45, 7) is 0. The maximum atomic E-state index is 6.07. The fraction of sp³-hybridized carbons (Fsp3) is 0.294. The van der Waals surface area contributed by atoms with Crippen LogP contribution in [0, 0.1) is 0 Å². The number of nitrogens with one attached hydrogen (secondary N) is 1. The fourth-order valence-electron chi connectivity index (χ4n) is 2.91. The van der Waals surface area contributed by atoms with E-state index in [2.05, 4.69) is 60.7 Å². The molecule has 0 fully saturated rings. The van der Waals surface area contributed by atoms with Crippen molar-refractivity contribution in [3.05, 3.63) is 58.6 Å². The summed E-state index contributed by atoms with van der Waals surface area (Å²) in [5.74, 6) is 0. The molecule has 0 spiro atoms. The molecule has 3 rings (SSSR count). The molecule has 0 heterocycles. The molecule has 2 aromatic carbocycles. The van der Waals surface area contributed by atoms with Crippen LogP contribution in [0.4, 0.5) is 11.4 Å². The molecule has 0 bridgehead atoms. The van der Waals surface area contributed by atoms with Crippen molar-refractivity contribution in [1.82, 2.24) is 0 Å². The van der Waals surface area contributed by atoms with Crippen LogP contribution in [0.2, 0.25) is 5.02 Å². The van der Waals surface area contributed by atoms with Gasteiger partial charge >= 0.3 is 0 Å². The number of aryl methyl sites for hydroxylation is 1. The molecule has 2 aromatic rings. The number of anilines is 2. The van der Waals surface area contributed by atoms with Gasteiger partial charge in [0.15, 0.2) is 0 Å². The van der Waals surface area contributed by atoms with Gasteiger partial charge in [-0.15, -0.1) is 0 Å². The molecule has 1 atom stereocenters. The van der Waals surface area contributed by atoms with E-state index in [4.69, 9.17) is 11.6 Å². The van der Waals surface area contributed by atoms with Gasteiger partial charge in [-0.1, -0.05) is 29.8 Å². The summed E-state index contributed by atoms with van der Waals surface area (Å²) in [6, 6.07) is 15.0. The zero-order valence-corrected chi connectivity index (χ0v) is 12.6. The number of rotatable bonds is 3. The van der Waals surface area contributed by atoms with Gasteiger partial charge in [0.05, 0.1) is 17.4 Å². The Bertz CT molecular complexity index is 622. The summed E-state index contributed by atoms with van der Waals surface area (Å²) in [4.78, 5) is 2.14. The highest BCUT2D eigenvalue weighted by Crippen LogP contribution is 2.37. The lowest BCUT2D eigenvalue weighted by molar-refractivity contribution is 0.761. The van der Waals surface area contributed by atoms with Crippen LogP contribution in [0.1, 0.15) is 23.6 Å². The highest BCUT2D eigenvalue weighted by Gasteiger charge is 2.23. The summed E-state index contributed by atoms with van der Waals surface area (Å²) in [6.07, 6.45) is 2.22. The zero-order chi connectivity index (χ0) is 14.1. The number of nitrogens with zero attached hydrogens (tertiary/aromatic N) is 1. The topological polar surface area (TPSA) is 15.3 Å². The molecule has 0 aromatic heterocycles. The minimum Gasteiger partial charge on any atom is -0.377 e. The third-order valence-corrected chi connectivity index (χ3v) is 4.13. The first-order chi connectivity index (χ1) is 9.65. The Kier molecular flexibility index (Phi) is 3.58. The van der Waals surface area contributed by atoms with Crippen LogP contribution in [0.3, 0.4) is 0 Å². The normalized spacial score (nSPS) is 16.9. The Morgan fingerprint density at radius 3 is 2.75 bits per heavy atom. The van der Waals surface area contributed by atoms with E-state index < -0.39 is 0 Å². The Morgan fingerprint density at radius 2 is 1.95 bits per heavy atom. The predicted octanol–water partition coefficient (Wildman–Crippen LogP) is 4.51. The molecule has 0 amide bonds. The molecule has 104 valence electrons. The molecule has 0 saturated heterocycles. The van der Waals surface area contributed by atoms with Crippen molar-refractivity contribution in [3.8, 4) is 0 Å². The third kappa shape index (κ3) is 2.48. The molecule has 1 unspecified atom stereocenters. The maximum Gasteiger partial charge on any atom is 0.0596 e. The van der Waals surface area contributed by atoms with Gasteiger partial charge in [-0.2, -0.15) is 0 Å².